The van der Waals surface area contributed by atoms with Crippen molar-refractivity contribution >= 4 is 46.7 Å². The van der Waals surface area contributed by atoms with Crippen LogP contribution < -0.4 is 5.73 Å². The molecular formula is C10H10N4O3S3. The van der Waals surface area contributed by atoms with Crippen molar-refractivity contribution in [2.24, 2.45) is 5.73 Å². The molecule has 0 radical (unpaired) electrons. The van der Waals surface area contributed by atoms with Crippen LogP contribution in [0.4, 0.5) is 0 Å². The molecule has 0 bridgehead atoms. The van der Waals surface area contributed by atoms with Crippen LogP contribution in [-0.2, 0) is 9.59 Å². The van der Waals surface area contributed by atoms with Crippen molar-refractivity contribution < 1.29 is 14.7 Å². The van der Waals surface area contributed by atoms with Crippen molar-refractivity contribution in [1.29, 1.82) is 0 Å². The summed E-state index contributed by atoms with van der Waals surface area (Å²) in [7, 11) is 0. The van der Waals surface area contributed by atoms with Crippen LogP contribution in [0, 0.1) is 0 Å². The number of carbonyl (C=O) groups excluding carboxylic acids is 1. The lowest BCUT2D eigenvalue weighted by atomic mass is 10.00. The second kappa shape index (κ2) is 5.35. The van der Waals surface area contributed by atoms with Crippen LogP contribution in [0.25, 0.3) is 0 Å². The normalized spacial score (nSPS) is 28.6. The van der Waals surface area contributed by atoms with E-state index in [-0.39, 0.29) is 11.3 Å². The smallest absolute Gasteiger partial charge is 0.330 e. The lowest BCUT2D eigenvalue weighted by molar-refractivity contribution is -0.157. The summed E-state index contributed by atoms with van der Waals surface area (Å²) in [6.07, 6.45) is 0. The molecule has 20 heavy (non-hydrogen) atoms. The van der Waals surface area contributed by atoms with Crippen LogP contribution in [0.3, 0.4) is 0 Å². The van der Waals surface area contributed by atoms with Crippen LogP contribution in [-0.4, -0.2) is 55.3 Å². The van der Waals surface area contributed by atoms with Crippen LogP contribution in [0.2, 0.25) is 0 Å². The summed E-state index contributed by atoms with van der Waals surface area (Å²) in [6, 6.07) is -1.52. The Morgan fingerprint density at radius 2 is 2.40 bits per heavy atom. The number of nitrogens with two attached hydrogens (primary N) is 1. The van der Waals surface area contributed by atoms with Crippen LogP contribution in [0.1, 0.15) is 0 Å². The van der Waals surface area contributed by atoms with Gasteiger partial charge in [0, 0.05) is 5.75 Å². The molecule has 0 saturated carbocycles. The Morgan fingerprint density at radius 1 is 1.60 bits per heavy atom. The highest BCUT2D eigenvalue weighted by molar-refractivity contribution is 8.03. The number of nitrogens with zero attached hydrogens (tertiary/aromatic N) is 3. The van der Waals surface area contributed by atoms with Crippen molar-refractivity contribution in [1.82, 2.24) is 15.1 Å². The lowest BCUT2D eigenvalue weighted by Crippen LogP contribution is -2.72. The second-order valence-corrected chi connectivity index (χ2v) is 7.27. The van der Waals surface area contributed by atoms with E-state index < -0.39 is 18.1 Å². The van der Waals surface area contributed by atoms with E-state index >= 15 is 0 Å². The third kappa shape index (κ3) is 2.22. The fourth-order valence-electron chi connectivity index (χ4n) is 2.10. The van der Waals surface area contributed by atoms with Crippen molar-refractivity contribution in [3.63, 3.8) is 0 Å². The average molecular weight is 330 g/mol. The Hall–Kier alpha value is -1.10. The van der Waals surface area contributed by atoms with Gasteiger partial charge in [0.15, 0.2) is 10.4 Å². The molecule has 1 fully saturated rings. The molecular weight excluding hydrogens is 320 g/mol. The summed E-state index contributed by atoms with van der Waals surface area (Å²) in [5, 5.41) is 18.5. The minimum absolute atomic E-state index is 0.265. The van der Waals surface area contributed by atoms with Crippen LogP contribution >= 0.6 is 34.9 Å². The van der Waals surface area contributed by atoms with Gasteiger partial charge in [0.1, 0.15) is 16.9 Å². The summed E-state index contributed by atoms with van der Waals surface area (Å²) in [4.78, 5) is 24.6. The van der Waals surface area contributed by atoms with E-state index in [1.54, 1.807) is 10.9 Å². The number of hydrogen-bond acceptors (Lipinski definition) is 8. The number of carboxylic acid groups (broad SMARTS) is 1. The van der Waals surface area contributed by atoms with Gasteiger partial charge in [-0.25, -0.2) is 4.79 Å². The minimum Gasteiger partial charge on any atom is -0.479 e. The van der Waals surface area contributed by atoms with E-state index in [0.717, 1.165) is 4.34 Å². The quantitative estimate of drug-likeness (QED) is 0.595. The molecule has 10 heteroatoms. The molecule has 1 aromatic heterocycles. The molecule has 2 unspecified atom stereocenters. The SMILES string of the molecule is NC1C(=O)N2C(C(=O)O)C(CSc3nncs3)=CS[C@@H]12. The zero-order valence-corrected chi connectivity index (χ0v) is 12.5. The Balaban J connectivity index is 1.77. The number of thioether (sulfide) groups is 2. The maximum absolute atomic E-state index is 11.8. The highest BCUT2D eigenvalue weighted by Crippen LogP contribution is 2.40. The minimum atomic E-state index is -1.03. The van der Waals surface area contributed by atoms with Gasteiger partial charge in [-0.1, -0.05) is 23.1 Å². The topological polar surface area (TPSA) is 109 Å². The largest absolute Gasteiger partial charge is 0.479 e. The average Bonchev–Trinajstić information content (AvgIpc) is 2.96. The first-order chi connectivity index (χ1) is 9.59. The molecule has 3 rings (SSSR count). The molecule has 0 spiro atoms. The fourth-order valence-corrected chi connectivity index (χ4v) is 4.86. The van der Waals surface area contributed by atoms with E-state index in [9.17, 15) is 14.7 Å². The van der Waals surface area contributed by atoms with Crippen LogP contribution in [0.15, 0.2) is 20.8 Å². The molecule has 3 N–H and O–H groups in total. The molecule has 1 amide bonds. The van der Waals surface area contributed by atoms with E-state index in [1.807, 2.05) is 0 Å². The van der Waals surface area contributed by atoms with E-state index in [1.165, 1.54) is 39.8 Å². The number of hydrogen-bond donors (Lipinski definition) is 2. The first-order valence-corrected chi connectivity index (χ1v) is 8.44. The predicted molar refractivity (Wildman–Crippen MR) is 76.3 cm³/mol. The molecule has 2 aliphatic rings. The van der Waals surface area contributed by atoms with E-state index in [0.29, 0.717) is 11.3 Å². The zero-order chi connectivity index (χ0) is 14.3. The van der Waals surface area contributed by atoms with Gasteiger partial charge < -0.3 is 15.7 Å². The molecule has 0 aromatic carbocycles. The van der Waals surface area contributed by atoms with Gasteiger partial charge >= 0.3 is 5.97 Å². The van der Waals surface area contributed by atoms with Gasteiger partial charge in [-0.3, -0.25) is 4.79 Å². The first-order valence-electron chi connectivity index (χ1n) is 5.63. The molecule has 0 aliphatic carbocycles. The molecule has 106 valence electrons. The number of rotatable bonds is 4. The van der Waals surface area contributed by atoms with Crippen molar-refractivity contribution in [2.75, 3.05) is 5.75 Å². The number of aliphatic carboxylic acids is 1. The molecule has 1 saturated heterocycles. The molecule has 7 nitrogen and oxygen atoms in total. The third-order valence-electron chi connectivity index (χ3n) is 3.05. The number of carbonyl (C=O) groups is 2. The maximum atomic E-state index is 11.8. The van der Waals surface area contributed by atoms with Crippen molar-refractivity contribution in [3.05, 3.63) is 16.5 Å². The Kier molecular flexibility index (Phi) is 3.71. The Bertz CT molecular complexity index is 576. The molecule has 3 heterocycles. The Labute approximate surface area is 126 Å². The maximum Gasteiger partial charge on any atom is 0.330 e. The van der Waals surface area contributed by atoms with Crippen LogP contribution in [0.5, 0.6) is 0 Å². The number of fused-ring (bicyclic) bond motifs is 1. The number of amides is 1. The van der Waals surface area contributed by atoms with Gasteiger partial charge in [0.05, 0.1) is 0 Å². The van der Waals surface area contributed by atoms with Crippen molar-refractivity contribution in [2.45, 2.75) is 21.8 Å². The first kappa shape index (κ1) is 13.9. The van der Waals surface area contributed by atoms with Crippen molar-refractivity contribution in [3.8, 4) is 0 Å². The lowest BCUT2D eigenvalue weighted by Gasteiger charge is -2.50. The van der Waals surface area contributed by atoms with E-state index in [4.69, 9.17) is 5.73 Å². The number of aromatic nitrogens is 2. The summed E-state index contributed by atoms with van der Waals surface area (Å²) in [5.41, 5.74) is 7.98. The summed E-state index contributed by atoms with van der Waals surface area (Å²) < 4.78 is 0.772. The molecule has 2 aliphatic heterocycles. The molecule has 3 atom stereocenters. The second-order valence-electron chi connectivity index (χ2n) is 4.22. The summed E-state index contributed by atoms with van der Waals surface area (Å²) >= 11 is 4.21. The summed E-state index contributed by atoms with van der Waals surface area (Å²) in [5.74, 6) is -0.869. The van der Waals surface area contributed by atoms with Gasteiger partial charge in [0.2, 0.25) is 5.91 Å². The monoisotopic (exact) mass is 330 g/mol. The third-order valence-corrected chi connectivity index (χ3v) is 6.22. The highest BCUT2D eigenvalue weighted by Gasteiger charge is 2.53. The summed E-state index contributed by atoms with van der Waals surface area (Å²) in [6.45, 7) is 0. The number of β-lactam (4-membered cyclic amide) rings is 1. The Morgan fingerprint density at radius 3 is 3.05 bits per heavy atom. The van der Waals surface area contributed by atoms with Gasteiger partial charge in [0.25, 0.3) is 0 Å². The standard InChI is InChI=1S/C10H10N4O3S3/c11-5-7(15)14-6(9(16)17)4(1-18-8(5)14)2-19-10-13-12-3-20-10/h1,3,5-6,8H,2,11H2,(H,16,17)/t5?,6?,8-/m0/s1. The van der Waals surface area contributed by atoms with E-state index in [2.05, 4.69) is 10.2 Å². The van der Waals surface area contributed by atoms with Gasteiger partial charge in [-0.2, -0.15) is 0 Å². The molecule has 1 aromatic rings. The predicted octanol–water partition coefficient (Wildman–Crippen LogP) is 0.210. The highest BCUT2D eigenvalue weighted by atomic mass is 32.2. The fraction of sp³-hybridized carbons (Fsp3) is 0.400. The zero-order valence-electron chi connectivity index (χ0n) is 10.0. The number of carboxylic acids is 1. The van der Waals surface area contributed by atoms with Gasteiger partial charge in [-0.15, -0.1) is 22.0 Å². The van der Waals surface area contributed by atoms with Gasteiger partial charge in [-0.05, 0) is 11.0 Å².